The molecule has 4 heteroatoms. The van der Waals surface area contributed by atoms with Crippen molar-refractivity contribution in [3.63, 3.8) is 0 Å². The van der Waals surface area contributed by atoms with Crippen LogP contribution >= 0.6 is 0 Å². The quantitative estimate of drug-likeness (QED) is 0.684. The molecule has 0 fully saturated rings. The Kier molecular flexibility index (Phi) is 7.03. The van der Waals surface area contributed by atoms with Gasteiger partial charge in [-0.1, -0.05) is 19.9 Å². The van der Waals surface area contributed by atoms with Crippen LogP contribution in [0.3, 0.4) is 0 Å². The largest absolute Gasteiger partial charge is 0.356 e. The molecule has 0 saturated carbocycles. The van der Waals surface area contributed by atoms with Crippen molar-refractivity contribution < 1.29 is 4.79 Å². The zero-order chi connectivity index (χ0) is 13.2. The fraction of sp³-hybridized carbons (Fsp3) is 0.571. The summed E-state index contributed by atoms with van der Waals surface area (Å²) in [5.74, 6) is 0.625. The summed E-state index contributed by atoms with van der Waals surface area (Å²) in [6.07, 6.45) is 3.23. The van der Waals surface area contributed by atoms with Crippen LogP contribution in [0.5, 0.6) is 0 Å². The van der Waals surface area contributed by atoms with Gasteiger partial charge in [0.2, 0.25) is 5.91 Å². The Hall–Kier alpha value is -1.42. The average molecular weight is 249 g/mol. The lowest BCUT2D eigenvalue weighted by Crippen LogP contribution is -2.30. The molecule has 0 aliphatic heterocycles. The van der Waals surface area contributed by atoms with Gasteiger partial charge in [0.25, 0.3) is 0 Å². The van der Waals surface area contributed by atoms with Crippen molar-refractivity contribution >= 4 is 5.91 Å². The smallest absolute Gasteiger partial charge is 0.221 e. The third-order valence-corrected chi connectivity index (χ3v) is 2.52. The Morgan fingerprint density at radius 1 is 1.33 bits per heavy atom. The summed E-state index contributed by atoms with van der Waals surface area (Å²) in [5, 5.41) is 6.15. The highest BCUT2D eigenvalue weighted by Crippen LogP contribution is 1.93. The first kappa shape index (κ1) is 14.6. The summed E-state index contributed by atoms with van der Waals surface area (Å²) < 4.78 is 0. The van der Waals surface area contributed by atoms with Gasteiger partial charge >= 0.3 is 0 Å². The molecule has 100 valence electrons. The van der Waals surface area contributed by atoms with Crippen molar-refractivity contribution in [3.05, 3.63) is 30.1 Å². The van der Waals surface area contributed by atoms with Gasteiger partial charge in [0.05, 0.1) is 0 Å². The second-order valence-corrected chi connectivity index (χ2v) is 4.77. The molecule has 0 aliphatic rings. The molecule has 0 bridgehead atoms. The van der Waals surface area contributed by atoms with Crippen LogP contribution < -0.4 is 10.6 Å². The van der Waals surface area contributed by atoms with E-state index in [1.165, 1.54) is 0 Å². The molecular formula is C14H23N3O. The van der Waals surface area contributed by atoms with E-state index in [-0.39, 0.29) is 5.91 Å². The van der Waals surface area contributed by atoms with Gasteiger partial charge < -0.3 is 10.6 Å². The Labute approximate surface area is 109 Å². The third-order valence-electron chi connectivity index (χ3n) is 2.52. The molecule has 0 saturated heterocycles. The molecule has 0 aliphatic carbocycles. The first-order valence-corrected chi connectivity index (χ1v) is 6.56. The van der Waals surface area contributed by atoms with E-state index in [1.54, 1.807) is 6.20 Å². The van der Waals surface area contributed by atoms with Crippen LogP contribution in [0.4, 0.5) is 0 Å². The highest BCUT2D eigenvalue weighted by Gasteiger charge is 2.01. The molecule has 0 aromatic carbocycles. The Bertz CT molecular complexity index is 338. The number of amides is 1. The Balaban J connectivity index is 2.00. The monoisotopic (exact) mass is 249 g/mol. The number of nitrogens with one attached hydrogen (secondary N) is 2. The lowest BCUT2D eigenvalue weighted by molar-refractivity contribution is -0.121. The van der Waals surface area contributed by atoms with Crippen molar-refractivity contribution in [2.75, 3.05) is 19.6 Å². The zero-order valence-corrected chi connectivity index (χ0v) is 11.3. The van der Waals surface area contributed by atoms with Crippen molar-refractivity contribution in [1.29, 1.82) is 0 Å². The van der Waals surface area contributed by atoms with Gasteiger partial charge in [-0.15, -0.1) is 0 Å². The van der Waals surface area contributed by atoms with Crippen LogP contribution in [-0.2, 0) is 11.2 Å². The third kappa shape index (κ3) is 7.01. The standard InChI is InChI=1S/C14H23N3O/c1-12(2)11-17-14(18)7-10-15-9-6-13-5-3-4-8-16-13/h3-5,8,12,15H,6-7,9-11H2,1-2H3,(H,17,18). The fourth-order valence-corrected chi connectivity index (χ4v) is 1.50. The first-order chi connectivity index (χ1) is 8.68. The molecule has 0 atom stereocenters. The van der Waals surface area contributed by atoms with Gasteiger partial charge in [-0.2, -0.15) is 0 Å². The lowest BCUT2D eigenvalue weighted by atomic mass is 10.2. The first-order valence-electron chi connectivity index (χ1n) is 6.56. The fourth-order valence-electron chi connectivity index (χ4n) is 1.50. The summed E-state index contributed by atoms with van der Waals surface area (Å²) in [5.41, 5.74) is 1.08. The number of carbonyl (C=O) groups is 1. The van der Waals surface area contributed by atoms with Crippen LogP contribution in [0, 0.1) is 5.92 Å². The summed E-state index contributed by atoms with van der Waals surface area (Å²) >= 11 is 0. The summed E-state index contributed by atoms with van der Waals surface area (Å²) in [6.45, 7) is 6.51. The Morgan fingerprint density at radius 2 is 2.17 bits per heavy atom. The van der Waals surface area contributed by atoms with E-state index in [0.717, 1.165) is 31.7 Å². The van der Waals surface area contributed by atoms with E-state index in [2.05, 4.69) is 29.5 Å². The molecule has 1 rings (SSSR count). The maximum absolute atomic E-state index is 11.4. The number of rotatable bonds is 8. The molecule has 4 nitrogen and oxygen atoms in total. The number of pyridine rings is 1. The zero-order valence-electron chi connectivity index (χ0n) is 11.3. The van der Waals surface area contributed by atoms with Gasteiger partial charge in [-0.05, 0) is 18.1 Å². The van der Waals surface area contributed by atoms with E-state index >= 15 is 0 Å². The molecule has 2 N–H and O–H groups in total. The van der Waals surface area contributed by atoms with Crippen molar-refractivity contribution in [1.82, 2.24) is 15.6 Å². The number of carbonyl (C=O) groups excluding carboxylic acids is 1. The average Bonchev–Trinajstić information content (AvgIpc) is 2.37. The van der Waals surface area contributed by atoms with Gasteiger partial charge in [0, 0.05) is 44.4 Å². The summed E-state index contributed by atoms with van der Waals surface area (Å²) in [6, 6.07) is 5.91. The van der Waals surface area contributed by atoms with Crippen LogP contribution in [0.2, 0.25) is 0 Å². The van der Waals surface area contributed by atoms with E-state index in [9.17, 15) is 4.79 Å². The molecule has 1 heterocycles. The van der Waals surface area contributed by atoms with E-state index in [4.69, 9.17) is 0 Å². The second kappa shape index (κ2) is 8.64. The summed E-state index contributed by atoms with van der Waals surface area (Å²) in [4.78, 5) is 15.7. The lowest BCUT2D eigenvalue weighted by Gasteiger charge is -2.08. The predicted molar refractivity (Wildman–Crippen MR) is 73.3 cm³/mol. The number of aromatic nitrogens is 1. The number of nitrogens with zero attached hydrogens (tertiary/aromatic N) is 1. The van der Waals surface area contributed by atoms with Crippen LogP contribution in [0.25, 0.3) is 0 Å². The molecule has 1 aromatic heterocycles. The van der Waals surface area contributed by atoms with Crippen molar-refractivity contribution in [2.45, 2.75) is 26.7 Å². The van der Waals surface area contributed by atoms with Gasteiger partial charge in [0.15, 0.2) is 0 Å². The molecule has 0 radical (unpaired) electrons. The minimum absolute atomic E-state index is 0.119. The van der Waals surface area contributed by atoms with E-state index < -0.39 is 0 Å². The minimum atomic E-state index is 0.119. The molecule has 1 aromatic rings. The predicted octanol–water partition coefficient (Wildman–Crippen LogP) is 1.38. The summed E-state index contributed by atoms with van der Waals surface area (Å²) in [7, 11) is 0. The second-order valence-electron chi connectivity index (χ2n) is 4.77. The highest BCUT2D eigenvalue weighted by molar-refractivity contribution is 5.76. The van der Waals surface area contributed by atoms with Gasteiger partial charge in [-0.25, -0.2) is 0 Å². The minimum Gasteiger partial charge on any atom is -0.356 e. The molecular weight excluding hydrogens is 226 g/mol. The van der Waals surface area contributed by atoms with Crippen LogP contribution in [0.15, 0.2) is 24.4 Å². The van der Waals surface area contributed by atoms with Crippen LogP contribution in [-0.4, -0.2) is 30.5 Å². The molecule has 0 unspecified atom stereocenters. The normalized spacial score (nSPS) is 10.6. The van der Waals surface area contributed by atoms with Crippen molar-refractivity contribution in [2.24, 2.45) is 5.92 Å². The maximum atomic E-state index is 11.4. The molecule has 1 amide bonds. The van der Waals surface area contributed by atoms with Crippen LogP contribution in [0.1, 0.15) is 26.0 Å². The number of hydrogen-bond donors (Lipinski definition) is 2. The van der Waals surface area contributed by atoms with Gasteiger partial charge in [0.1, 0.15) is 0 Å². The molecule has 18 heavy (non-hydrogen) atoms. The number of hydrogen-bond acceptors (Lipinski definition) is 3. The highest BCUT2D eigenvalue weighted by atomic mass is 16.1. The maximum Gasteiger partial charge on any atom is 0.221 e. The Morgan fingerprint density at radius 3 is 2.83 bits per heavy atom. The van der Waals surface area contributed by atoms with Gasteiger partial charge in [-0.3, -0.25) is 9.78 Å². The van der Waals surface area contributed by atoms with Crippen molar-refractivity contribution in [3.8, 4) is 0 Å². The topological polar surface area (TPSA) is 54.0 Å². The van der Waals surface area contributed by atoms with E-state index in [1.807, 2.05) is 18.2 Å². The SMILES string of the molecule is CC(C)CNC(=O)CCNCCc1ccccn1. The van der Waals surface area contributed by atoms with E-state index in [0.29, 0.717) is 12.3 Å². The molecule has 0 spiro atoms.